The molecule has 1 unspecified atom stereocenters. The number of carbonyl (C=O) groups is 1. The van der Waals surface area contributed by atoms with E-state index in [9.17, 15) is 18.3 Å². The zero-order valence-corrected chi connectivity index (χ0v) is 25.0. The molecule has 3 aromatic carbocycles. The summed E-state index contributed by atoms with van der Waals surface area (Å²) in [5.41, 5.74) is 7.07. The van der Waals surface area contributed by atoms with Crippen molar-refractivity contribution in [3.8, 4) is 22.6 Å². The number of hydrogen-bond donors (Lipinski definition) is 1. The molecule has 1 saturated heterocycles. The van der Waals surface area contributed by atoms with E-state index < -0.39 is 15.8 Å². The van der Waals surface area contributed by atoms with Gasteiger partial charge in [0.2, 0.25) is 0 Å². The summed E-state index contributed by atoms with van der Waals surface area (Å²) in [6.07, 6.45) is 4.44. The van der Waals surface area contributed by atoms with Gasteiger partial charge in [-0.2, -0.15) is 0 Å². The number of ether oxygens (including phenoxy) is 3. The molecule has 3 aromatic rings. The lowest BCUT2D eigenvalue weighted by molar-refractivity contribution is -0.137. The van der Waals surface area contributed by atoms with Crippen molar-refractivity contribution in [2.24, 2.45) is 5.92 Å². The second-order valence-corrected chi connectivity index (χ2v) is 13.7. The standard InChI is InChI=1S/C34H40O7S/c1-2-39-23-29(20-34(35)36)26-8-10-30(11-9-26)40-22-25-6-7-27-4-3-5-28-19-31(12-13-32(28)33(27)18-25)41-21-24-14-16-42(37,38)17-15-24/h6-13,18-19,24,29H,2-5,14-17,20-23H2,1H3,(H,35,36). The highest BCUT2D eigenvalue weighted by Gasteiger charge is 2.24. The first-order valence-electron chi connectivity index (χ1n) is 14.9. The molecule has 42 heavy (non-hydrogen) atoms. The molecule has 0 saturated carbocycles. The van der Waals surface area contributed by atoms with E-state index in [1.54, 1.807) is 0 Å². The molecule has 1 atom stereocenters. The third kappa shape index (κ3) is 7.92. The van der Waals surface area contributed by atoms with Crippen molar-refractivity contribution in [1.82, 2.24) is 0 Å². The Morgan fingerprint density at radius 3 is 2.38 bits per heavy atom. The fourth-order valence-electron chi connectivity index (χ4n) is 5.85. The predicted molar refractivity (Wildman–Crippen MR) is 163 cm³/mol. The highest BCUT2D eigenvalue weighted by atomic mass is 32.2. The van der Waals surface area contributed by atoms with Crippen LogP contribution < -0.4 is 9.47 Å². The van der Waals surface area contributed by atoms with Crippen LogP contribution in [0, 0.1) is 5.92 Å². The van der Waals surface area contributed by atoms with Crippen molar-refractivity contribution in [2.45, 2.75) is 58.0 Å². The normalized spacial score (nSPS) is 17.0. The largest absolute Gasteiger partial charge is 0.493 e. The van der Waals surface area contributed by atoms with Gasteiger partial charge in [-0.25, -0.2) is 8.42 Å². The van der Waals surface area contributed by atoms with Gasteiger partial charge in [0.15, 0.2) is 0 Å². The van der Waals surface area contributed by atoms with Crippen LogP contribution in [-0.4, -0.2) is 50.8 Å². The molecular weight excluding hydrogens is 552 g/mol. The first kappa shape index (κ1) is 30.1. The maximum Gasteiger partial charge on any atom is 0.304 e. The molecule has 1 fully saturated rings. The lowest BCUT2D eigenvalue weighted by Gasteiger charge is -2.22. The van der Waals surface area contributed by atoms with Gasteiger partial charge in [0.1, 0.15) is 27.9 Å². The van der Waals surface area contributed by atoms with Gasteiger partial charge in [0.25, 0.3) is 0 Å². The van der Waals surface area contributed by atoms with Crippen LogP contribution in [0.4, 0.5) is 0 Å². The Kier molecular flexibility index (Phi) is 9.85. The second-order valence-electron chi connectivity index (χ2n) is 11.4. The number of carboxylic acids is 1. The molecule has 7 nitrogen and oxygen atoms in total. The molecule has 2 aliphatic rings. The molecule has 1 heterocycles. The lowest BCUT2D eigenvalue weighted by atomic mass is 9.94. The number of sulfone groups is 1. The number of rotatable bonds is 12. The minimum Gasteiger partial charge on any atom is -0.493 e. The summed E-state index contributed by atoms with van der Waals surface area (Å²) in [5.74, 6) is 1.36. The Balaban J connectivity index is 1.23. The summed E-state index contributed by atoms with van der Waals surface area (Å²) in [6.45, 7) is 3.81. The molecule has 8 heteroatoms. The molecule has 1 aliphatic carbocycles. The van der Waals surface area contributed by atoms with Crippen LogP contribution in [0.1, 0.15) is 60.8 Å². The highest BCUT2D eigenvalue weighted by molar-refractivity contribution is 7.91. The molecule has 224 valence electrons. The van der Waals surface area contributed by atoms with Crippen molar-refractivity contribution in [2.75, 3.05) is 31.3 Å². The first-order chi connectivity index (χ1) is 20.3. The Bertz CT molecular complexity index is 1470. The smallest absolute Gasteiger partial charge is 0.304 e. The molecule has 0 bridgehead atoms. The average Bonchev–Trinajstić information content (AvgIpc) is 3.16. The molecule has 5 rings (SSSR count). The minimum absolute atomic E-state index is 0.0252. The Labute approximate surface area is 248 Å². The summed E-state index contributed by atoms with van der Waals surface area (Å²) < 4.78 is 41.2. The molecule has 0 aromatic heterocycles. The molecule has 1 N–H and O–H groups in total. The van der Waals surface area contributed by atoms with Crippen molar-refractivity contribution in [1.29, 1.82) is 0 Å². The number of fused-ring (bicyclic) bond motifs is 3. The zero-order valence-electron chi connectivity index (χ0n) is 24.2. The SMILES string of the molecule is CCOCC(CC(=O)O)c1ccc(OCc2ccc3c(c2)-c2ccc(OCC4CCS(=O)(=O)CC4)cc2CCC3)cc1. The van der Waals surface area contributed by atoms with Crippen LogP contribution in [0.15, 0.2) is 60.7 Å². The fraction of sp³-hybridized carbons (Fsp3) is 0.441. The van der Waals surface area contributed by atoms with Gasteiger partial charge in [-0.3, -0.25) is 4.79 Å². The monoisotopic (exact) mass is 592 g/mol. The summed E-state index contributed by atoms with van der Waals surface area (Å²) in [4.78, 5) is 11.3. The van der Waals surface area contributed by atoms with E-state index in [0.29, 0.717) is 39.3 Å². The van der Waals surface area contributed by atoms with Crippen molar-refractivity contribution >= 4 is 15.8 Å². The van der Waals surface area contributed by atoms with E-state index in [-0.39, 0.29) is 29.8 Å². The van der Waals surface area contributed by atoms with E-state index in [4.69, 9.17) is 14.2 Å². The summed E-state index contributed by atoms with van der Waals surface area (Å²) in [5, 5.41) is 9.27. The van der Waals surface area contributed by atoms with Gasteiger partial charge >= 0.3 is 5.97 Å². The maximum absolute atomic E-state index is 11.7. The molecule has 0 radical (unpaired) electrons. The molecule has 1 aliphatic heterocycles. The highest BCUT2D eigenvalue weighted by Crippen LogP contribution is 2.36. The number of hydrogen-bond acceptors (Lipinski definition) is 6. The number of aryl methyl sites for hydroxylation is 2. The van der Waals surface area contributed by atoms with Crippen molar-refractivity contribution < 1.29 is 32.5 Å². The summed E-state index contributed by atoms with van der Waals surface area (Å²) >= 11 is 0. The van der Waals surface area contributed by atoms with Crippen LogP contribution in [-0.2, 0) is 38.8 Å². The van der Waals surface area contributed by atoms with Gasteiger partial charge in [0.05, 0.1) is 31.1 Å². The van der Waals surface area contributed by atoms with Gasteiger partial charge in [-0.05, 0) is 109 Å². The van der Waals surface area contributed by atoms with Crippen LogP contribution in [0.3, 0.4) is 0 Å². The van der Waals surface area contributed by atoms with Crippen molar-refractivity contribution in [3.05, 3.63) is 82.9 Å². The quantitative estimate of drug-likeness (QED) is 0.267. The second kappa shape index (κ2) is 13.7. The summed E-state index contributed by atoms with van der Waals surface area (Å²) in [7, 11) is -2.87. The molecular formula is C34H40O7S. The minimum atomic E-state index is -2.87. The predicted octanol–water partition coefficient (Wildman–Crippen LogP) is 6.22. The Morgan fingerprint density at radius 2 is 1.64 bits per heavy atom. The van der Waals surface area contributed by atoms with E-state index in [1.165, 1.54) is 22.3 Å². The number of carboxylic acid groups (broad SMARTS) is 1. The van der Waals surface area contributed by atoms with Crippen LogP contribution in [0.2, 0.25) is 0 Å². The van der Waals surface area contributed by atoms with E-state index >= 15 is 0 Å². The summed E-state index contributed by atoms with van der Waals surface area (Å²) in [6, 6.07) is 20.5. The third-order valence-corrected chi connectivity index (χ3v) is 10.0. The van der Waals surface area contributed by atoms with E-state index in [1.807, 2.05) is 37.3 Å². The van der Waals surface area contributed by atoms with Gasteiger partial charge in [-0.1, -0.05) is 30.3 Å². The molecule has 0 amide bonds. The fourth-order valence-corrected chi connectivity index (χ4v) is 7.44. The molecule has 0 spiro atoms. The van der Waals surface area contributed by atoms with Gasteiger partial charge < -0.3 is 19.3 Å². The van der Waals surface area contributed by atoms with Gasteiger partial charge in [-0.15, -0.1) is 0 Å². The average molecular weight is 593 g/mol. The first-order valence-corrected chi connectivity index (χ1v) is 16.7. The lowest BCUT2D eigenvalue weighted by Crippen LogP contribution is -2.26. The number of benzene rings is 3. The maximum atomic E-state index is 11.7. The Morgan fingerprint density at radius 1 is 0.905 bits per heavy atom. The number of aliphatic carboxylic acids is 1. The van der Waals surface area contributed by atoms with Crippen LogP contribution in [0.5, 0.6) is 11.5 Å². The Hall–Kier alpha value is -3.36. The van der Waals surface area contributed by atoms with E-state index in [0.717, 1.165) is 41.9 Å². The topological polar surface area (TPSA) is 99.1 Å². The van der Waals surface area contributed by atoms with Crippen molar-refractivity contribution in [3.63, 3.8) is 0 Å². The third-order valence-electron chi connectivity index (χ3n) is 8.29. The van der Waals surface area contributed by atoms with Crippen LogP contribution >= 0.6 is 0 Å². The van der Waals surface area contributed by atoms with E-state index in [2.05, 4.69) is 30.3 Å². The van der Waals surface area contributed by atoms with Crippen LogP contribution in [0.25, 0.3) is 11.1 Å². The zero-order chi connectivity index (χ0) is 29.5. The van der Waals surface area contributed by atoms with Gasteiger partial charge in [0, 0.05) is 12.5 Å².